The highest BCUT2D eigenvalue weighted by Gasteiger charge is 2.38. The zero-order valence-corrected chi connectivity index (χ0v) is 9.53. The molecule has 88 valence electrons. The molecule has 1 rings (SSSR count). The minimum Gasteiger partial charge on any atom is -0.496 e. The number of para-hydroxylation sites is 1. The molecule has 0 saturated carbocycles. The third kappa shape index (κ3) is 2.51. The first-order chi connectivity index (χ1) is 7.38. The van der Waals surface area contributed by atoms with Gasteiger partial charge in [0.15, 0.2) is 0 Å². The molecule has 0 radical (unpaired) electrons. The van der Waals surface area contributed by atoms with Crippen molar-refractivity contribution >= 4 is 5.97 Å². The molecule has 1 atom stereocenters. The minimum absolute atomic E-state index is 0.352. The summed E-state index contributed by atoms with van der Waals surface area (Å²) in [5, 5.41) is 9.09. The lowest BCUT2D eigenvalue weighted by atomic mass is 9.85. The van der Waals surface area contributed by atoms with Crippen LogP contribution in [0.1, 0.15) is 25.3 Å². The quantitative estimate of drug-likeness (QED) is 0.858. The van der Waals surface area contributed by atoms with Gasteiger partial charge >= 0.3 is 5.97 Å². The molecule has 0 aromatic heterocycles. The zero-order valence-electron chi connectivity index (χ0n) is 9.53. The van der Waals surface area contributed by atoms with Crippen molar-refractivity contribution in [2.45, 2.75) is 25.4 Å². The monoisotopic (exact) mass is 226 g/mol. The molecular weight excluding hydrogens is 211 g/mol. The van der Waals surface area contributed by atoms with E-state index in [-0.39, 0.29) is 0 Å². The predicted octanol–water partition coefficient (Wildman–Crippen LogP) is 2.61. The van der Waals surface area contributed by atoms with Crippen LogP contribution in [-0.2, 0) is 4.79 Å². The Bertz CT molecular complexity index is 382. The average Bonchev–Trinajstić information content (AvgIpc) is 2.15. The third-order valence-corrected chi connectivity index (χ3v) is 2.38. The van der Waals surface area contributed by atoms with Gasteiger partial charge in [-0.2, -0.15) is 0 Å². The number of rotatable bonds is 4. The van der Waals surface area contributed by atoms with E-state index >= 15 is 0 Å². The van der Waals surface area contributed by atoms with Gasteiger partial charge in [-0.1, -0.05) is 18.2 Å². The number of halogens is 1. The molecule has 1 aromatic rings. The van der Waals surface area contributed by atoms with Gasteiger partial charge in [0.05, 0.1) is 7.11 Å². The van der Waals surface area contributed by atoms with Crippen LogP contribution >= 0.6 is 0 Å². The van der Waals surface area contributed by atoms with Crippen molar-refractivity contribution in [2.24, 2.45) is 0 Å². The number of carbonyl (C=O) groups is 1. The van der Waals surface area contributed by atoms with Gasteiger partial charge in [0.1, 0.15) is 17.3 Å². The normalized spacial score (nSPS) is 13.2. The highest BCUT2D eigenvalue weighted by molar-refractivity contribution is 5.78. The summed E-state index contributed by atoms with van der Waals surface area (Å²) in [6, 6.07) is 6.57. The highest BCUT2D eigenvalue weighted by atomic mass is 19.1. The Hall–Kier alpha value is -1.58. The van der Waals surface area contributed by atoms with Crippen LogP contribution in [0.4, 0.5) is 4.39 Å². The maximum Gasteiger partial charge on any atom is 0.314 e. The van der Waals surface area contributed by atoms with E-state index in [1.807, 2.05) is 0 Å². The Labute approximate surface area is 93.9 Å². The van der Waals surface area contributed by atoms with Crippen LogP contribution < -0.4 is 4.74 Å². The molecule has 0 aliphatic rings. The van der Waals surface area contributed by atoms with E-state index < -0.39 is 17.6 Å². The lowest BCUT2D eigenvalue weighted by molar-refractivity contribution is -0.142. The second-order valence-corrected chi connectivity index (χ2v) is 4.08. The van der Waals surface area contributed by atoms with Crippen molar-refractivity contribution in [3.8, 4) is 5.75 Å². The van der Waals surface area contributed by atoms with E-state index in [4.69, 9.17) is 9.84 Å². The van der Waals surface area contributed by atoms with Crippen molar-refractivity contribution in [1.29, 1.82) is 0 Å². The first-order valence-electron chi connectivity index (χ1n) is 4.92. The second kappa shape index (κ2) is 4.51. The first-order valence-corrected chi connectivity index (χ1v) is 4.92. The summed E-state index contributed by atoms with van der Waals surface area (Å²) >= 11 is 0. The molecule has 1 N–H and O–H groups in total. The number of hydrogen-bond acceptors (Lipinski definition) is 2. The van der Waals surface area contributed by atoms with E-state index in [9.17, 15) is 9.18 Å². The van der Waals surface area contributed by atoms with Crippen LogP contribution in [0, 0.1) is 0 Å². The van der Waals surface area contributed by atoms with E-state index in [1.165, 1.54) is 21.0 Å². The van der Waals surface area contributed by atoms with Crippen LogP contribution in [0.2, 0.25) is 0 Å². The molecule has 0 heterocycles. The van der Waals surface area contributed by atoms with Gasteiger partial charge in [0.25, 0.3) is 0 Å². The standard InChI is InChI=1S/C12H15FO3/c1-12(2,13)10(11(14)15)8-6-4-5-7-9(8)16-3/h4-7,10H,1-3H3,(H,14,15). The number of carboxylic acids is 1. The summed E-state index contributed by atoms with van der Waals surface area (Å²) in [6.45, 7) is 2.50. The molecule has 4 heteroatoms. The summed E-state index contributed by atoms with van der Waals surface area (Å²) in [5.74, 6) is -2.04. The molecule has 0 fully saturated rings. The van der Waals surface area contributed by atoms with E-state index in [0.717, 1.165) is 0 Å². The van der Waals surface area contributed by atoms with Crippen LogP contribution in [0.15, 0.2) is 24.3 Å². The lowest BCUT2D eigenvalue weighted by Gasteiger charge is -2.24. The average molecular weight is 226 g/mol. The Morgan fingerprint density at radius 3 is 2.44 bits per heavy atom. The van der Waals surface area contributed by atoms with Crippen molar-refractivity contribution in [1.82, 2.24) is 0 Å². The van der Waals surface area contributed by atoms with Gasteiger partial charge in [-0.25, -0.2) is 4.39 Å². The maximum atomic E-state index is 13.9. The number of carboxylic acid groups (broad SMARTS) is 1. The fraction of sp³-hybridized carbons (Fsp3) is 0.417. The summed E-state index contributed by atoms with van der Waals surface area (Å²) in [4.78, 5) is 11.1. The van der Waals surface area contributed by atoms with Crippen molar-refractivity contribution in [3.05, 3.63) is 29.8 Å². The number of hydrogen-bond donors (Lipinski definition) is 1. The molecule has 1 aromatic carbocycles. The van der Waals surface area contributed by atoms with Gasteiger partial charge in [0.2, 0.25) is 0 Å². The Morgan fingerprint density at radius 2 is 2.00 bits per heavy atom. The summed E-state index contributed by atoms with van der Waals surface area (Å²) in [6.07, 6.45) is 0. The zero-order chi connectivity index (χ0) is 12.3. The predicted molar refractivity (Wildman–Crippen MR) is 58.6 cm³/mol. The number of benzene rings is 1. The Balaban J connectivity index is 3.27. The Kier molecular flexibility index (Phi) is 3.52. The topological polar surface area (TPSA) is 46.5 Å². The summed E-state index contributed by atoms with van der Waals surface area (Å²) in [5.41, 5.74) is -1.49. The smallest absolute Gasteiger partial charge is 0.314 e. The first kappa shape index (κ1) is 12.5. The molecule has 3 nitrogen and oxygen atoms in total. The SMILES string of the molecule is COc1ccccc1C(C(=O)O)C(C)(C)F. The number of methoxy groups -OCH3 is 1. The molecule has 16 heavy (non-hydrogen) atoms. The molecular formula is C12H15FO3. The van der Waals surface area contributed by atoms with E-state index in [2.05, 4.69) is 0 Å². The van der Waals surface area contributed by atoms with Crippen LogP contribution in [-0.4, -0.2) is 23.9 Å². The molecule has 1 unspecified atom stereocenters. The summed E-state index contributed by atoms with van der Waals surface area (Å²) in [7, 11) is 1.43. The lowest BCUT2D eigenvalue weighted by Crippen LogP contribution is -2.31. The number of aliphatic carboxylic acids is 1. The summed E-state index contributed by atoms with van der Waals surface area (Å²) < 4.78 is 18.9. The highest BCUT2D eigenvalue weighted by Crippen LogP contribution is 2.36. The van der Waals surface area contributed by atoms with Gasteiger partial charge in [0, 0.05) is 5.56 Å². The van der Waals surface area contributed by atoms with Gasteiger partial charge < -0.3 is 9.84 Å². The fourth-order valence-corrected chi connectivity index (χ4v) is 1.70. The second-order valence-electron chi connectivity index (χ2n) is 4.08. The molecule has 0 aliphatic heterocycles. The molecule has 0 amide bonds. The fourth-order valence-electron chi connectivity index (χ4n) is 1.70. The number of alkyl halides is 1. The van der Waals surface area contributed by atoms with E-state index in [1.54, 1.807) is 24.3 Å². The van der Waals surface area contributed by atoms with Crippen LogP contribution in [0.25, 0.3) is 0 Å². The largest absolute Gasteiger partial charge is 0.496 e. The van der Waals surface area contributed by atoms with Gasteiger partial charge in [-0.05, 0) is 19.9 Å². The molecule has 0 saturated heterocycles. The van der Waals surface area contributed by atoms with Crippen molar-refractivity contribution in [2.75, 3.05) is 7.11 Å². The molecule has 0 bridgehead atoms. The van der Waals surface area contributed by atoms with Crippen molar-refractivity contribution in [3.63, 3.8) is 0 Å². The van der Waals surface area contributed by atoms with Crippen LogP contribution in [0.5, 0.6) is 5.75 Å². The Morgan fingerprint density at radius 1 is 1.44 bits per heavy atom. The maximum absolute atomic E-state index is 13.9. The van der Waals surface area contributed by atoms with Crippen molar-refractivity contribution < 1.29 is 19.0 Å². The van der Waals surface area contributed by atoms with Gasteiger partial charge in [-0.3, -0.25) is 4.79 Å². The third-order valence-electron chi connectivity index (χ3n) is 2.38. The number of ether oxygens (including phenoxy) is 1. The van der Waals surface area contributed by atoms with Crippen LogP contribution in [0.3, 0.4) is 0 Å². The minimum atomic E-state index is -1.85. The molecule has 0 spiro atoms. The van der Waals surface area contributed by atoms with Gasteiger partial charge in [-0.15, -0.1) is 0 Å². The van der Waals surface area contributed by atoms with E-state index in [0.29, 0.717) is 11.3 Å². The molecule has 0 aliphatic carbocycles.